The topological polar surface area (TPSA) is 189 Å². The van der Waals surface area contributed by atoms with E-state index in [-0.39, 0.29) is 63.5 Å². The second-order valence-electron chi connectivity index (χ2n) is 20.4. The molecular formula is C64H62F6N4O11. The molecular weight excluding hydrogens is 1110 g/mol. The number of ether oxygens (including phenoxy) is 6. The number of halogens is 6. The zero-order valence-electron chi connectivity index (χ0n) is 46.6. The van der Waals surface area contributed by atoms with Crippen molar-refractivity contribution in [2.45, 2.75) is 96.6 Å². The lowest BCUT2D eigenvalue weighted by Gasteiger charge is -2.25. The number of carbonyl (C=O) groups is 5. The van der Waals surface area contributed by atoms with Crippen LogP contribution in [0, 0.1) is 34.9 Å². The molecule has 0 unspecified atom stereocenters. The van der Waals surface area contributed by atoms with Gasteiger partial charge in [0.2, 0.25) is 35.0 Å². The van der Waals surface area contributed by atoms with Gasteiger partial charge in [0, 0.05) is 13.0 Å². The van der Waals surface area contributed by atoms with E-state index < -0.39 is 108 Å². The number of nitrogens with one attached hydrogen (secondary N) is 4. The molecule has 4 N–H and O–H groups in total. The highest BCUT2D eigenvalue weighted by Gasteiger charge is 2.32. The van der Waals surface area contributed by atoms with Crippen molar-refractivity contribution in [3.8, 4) is 22.6 Å². The van der Waals surface area contributed by atoms with Gasteiger partial charge in [-0.3, -0.25) is 4.79 Å². The van der Waals surface area contributed by atoms with E-state index in [2.05, 4.69) is 21.3 Å². The summed E-state index contributed by atoms with van der Waals surface area (Å²) in [4.78, 5) is 67.5. The van der Waals surface area contributed by atoms with Crippen LogP contribution in [0.4, 0.5) is 40.7 Å². The number of rotatable bonds is 26. The summed E-state index contributed by atoms with van der Waals surface area (Å²) in [5, 5.41) is 10.3. The van der Waals surface area contributed by atoms with Gasteiger partial charge < -0.3 is 49.7 Å². The molecule has 85 heavy (non-hydrogen) atoms. The van der Waals surface area contributed by atoms with E-state index in [1.165, 1.54) is 12.1 Å². The Kier molecular flexibility index (Phi) is 22.8. The van der Waals surface area contributed by atoms with Crippen molar-refractivity contribution < 1.29 is 78.7 Å². The molecule has 21 heteroatoms. The summed E-state index contributed by atoms with van der Waals surface area (Å²) >= 11 is 0. The minimum absolute atomic E-state index is 0.00908. The fraction of sp³-hybridized carbons (Fsp3) is 0.266. The summed E-state index contributed by atoms with van der Waals surface area (Å²) in [5.74, 6) is -15.4. The summed E-state index contributed by atoms with van der Waals surface area (Å²) in [6.45, 7) is 3.61. The average molecular weight is 1180 g/mol. The van der Waals surface area contributed by atoms with Crippen molar-refractivity contribution in [3.63, 3.8) is 0 Å². The molecule has 0 fully saturated rings. The van der Waals surface area contributed by atoms with Crippen LogP contribution in [-0.2, 0) is 67.8 Å². The molecule has 15 nitrogen and oxygen atoms in total. The Balaban J connectivity index is 1.17. The normalized spacial score (nSPS) is 12.2. The van der Waals surface area contributed by atoms with Crippen LogP contribution in [0.15, 0.2) is 158 Å². The highest BCUT2D eigenvalue weighted by atomic mass is 19.2. The van der Waals surface area contributed by atoms with Crippen molar-refractivity contribution in [2.75, 3.05) is 13.2 Å². The van der Waals surface area contributed by atoms with Gasteiger partial charge >= 0.3 is 24.2 Å². The van der Waals surface area contributed by atoms with Gasteiger partial charge in [0.25, 0.3) is 0 Å². The van der Waals surface area contributed by atoms with Crippen LogP contribution in [0.3, 0.4) is 0 Å². The molecule has 0 aliphatic rings. The molecule has 7 aromatic carbocycles. The third-order valence-electron chi connectivity index (χ3n) is 12.7. The molecule has 446 valence electrons. The first-order chi connectivity index (χ1) is 40.8. The fourth-order valence-corrected chi connectivity index (χ4v) is 8.45. The van der Waals surface area contributed by atoms with E-state index in [1.54, 1.807) is 154 Å². The molecule has 0 spiro atoms. The number of amides is 4. The van der Waals surface area contributed by atoms with Gasteiger partial charge in [-0.2, -0.15) is 8.78 Å². The number of esters is 1. The molecule has 0 bridgehead atoms. The van der Waals surface area contributed by atoms with Crippen LogP contribution >= 0.6 is 0 Å². The smallest absolute Gasteiger partial charge is 0.408 e. The number of hydrogen-bond acceptors (Lipinski definition) is 11. The van der Waals surface area contributed by atoms with Gasteiger partial charge in [0.1, 0.15) is 62.3 Å². The molecule has 7 aromatic rings. The Morgan fingerprint density at radius 3 is 1.53 bits per heavy atom. The van der Waals surface area contributed by atoms with E-state index >= 15 is 4.39 Å². The molecule has 0 aromatic heterocycles. The van der Waals surface area contributed by atoms with E-state index in [9.17, 15) is 45.9 Å². The Morgan fingerprint density at radius 2 is 0.976 bits per heavy atom. The van der Waals surface area contributed by atoms with Crippen molar-refractivity contribution in [1.29, 1.82) is 0 Å². The monoisotopic (exact) mass is 1180 g/mol. The lowest BCUT2D eigenvalue weighted by atomic mass is 9.95. The van der Waals surface area contributed by atoms with Crippen LogP contribution in [0.5, 0.6) is 11.5 Å². The highest BCUT2D eigenvalue weighted by molar-refractivity contribution is 5.90. The lowest BCUT2D eigenvalue weighted by Crippen LogP contribution is -2.53. The van der Waals surface area contributed by atoms with E-state index in [1.807, 2.05) is 6.07 Å². The zero-order chi connectivity index (χ0) is 60.9. The van der Waals surface area contributed by atoms with Crippen molar-refractivity contribution in [1.82, 2.24) is 21.3 Å². The maximum absolute atomic E-state index is 16.2. The predicted octanol–water partition coefficient (Wildman–Crippen LogP) is 12.1. The number of benzene rings is 7. The first kappa shape index (κ1) is 63.1. The lowest BCUT2D eigenvalue weighted by molar-refractivity contribution is -0.149. The largest absolute Gasteiger partial charge is 0.489 e. The standard InChI is InChI=1S/C64H62F6N4O11/c1-64(2,3)85-63(79)74-50(25-16-30-71-61(77)83-37-42-21-12-6-13-22-42)59(75)73-51(60(76)82-36-41-19-10-5-11-20-41)34-46-31-44(26-28-49(46)65)45-27-29-52(80-35-40-17-8-4-9-18-40)47(32-45)33-48(72-62(78)84-38-43-23-14-7-15-24-43)39-81-58-56(69)54(67)53(66)55(68)57(58)70/h4-15,17-24,26-29,31-32,48,50-51H,16,25,30,33-39H2,1-3H3,(H,71,77)(H,72,78)(H,73,75)(H,74,79)/t48-,50-,51-/m0/s1. The van der Waals surface area contributed by atoms with Gasteiger partial charge in [-0.25, -0.2) is 36.7 Å². The molecule has 0 saturated heterocycles. The van der Waals surface area contributed by atoms with Crippen molar-refractivity contribution in [2.24, 2.45) is 0 Å². The third kappa shape index (κ3) is 19.5. The molecule has 0 heterocycles. The average Bonchev–Trinajstić information content (AvgIpc) is 3.39. The van der Waals surface area contributed by atoms with Crippen LogP contribution in [0.2, 0.25) is 0 Å². The number of alkyl carbamates (subject to hydrolysis) is 3. The summed E-state index contributed by atoms with van der Waals surface area (Å²) in [6.07, 6.45) is -3.47. The third-order valence-corrected chi connectivity index (χ3v) is 12.7. The zero-order valence-corrected chi connectivity index (χ0v) is 46.6. The maximum Gasteiger partial charge on any atom is 0.408 e. The summed E-state index contributed by atoms with van der Waals surface area (Å²) in [7, 11) is 0. The van der Waals surface area contributed by atoms with Crippen LogP contribution in [0.1, 0.15) is 67.0 Å². The van der Waals surface area contributed by atoms with E-state index in [4.69, 9.17) is 28.4 Å². The fourth-order valence-electron chi connectivity index (χ4n) is 8.45. The van der Waals surface area contributed by atoms with Crippen LogP contribution in [-0.4, -0.2) is 67.0 Å². The quantitative estimate of drug-likeness (QED) is 0.0101. The maximum atomic E-state index is 16.2. The predicted molar refractivity (Wildman–Crippen MR) is 300 cm³/mol. The molecule has 3 atom stereocenters. The second kappa shape index (κ2) is 30.7. The highest BCUT2D eigenvalue weighted by Crippen LogP contribution is 2.32. The van der Waals surface area contributed by atoms with E-state index in [0.29, 0.717) is 27.8 Å². The molecule has 0 aliphatic heterocycles. The van der Waals surface area contributed by atoms with Crippen molar-refractivity contribution >= 4 is 30.2 Å². The minimum Gasteiger partial charge on any atom is -0.489 e. The summed E-state index contributed by atoms with van der Waals surface area (Å²) in [5.41, 5.74) is 2.69. The minimum atomic E-state index is -2.40. The molecule has 4 amide bonds. The number of carbonyl (C=O) groups excluding carboxylic acids is 5. The molecule has 7 rings (SSSR count). The Hall–Kier alpha value is -9.53. The van der Waals surface area contributed by atoms with Crippen LogP contribution in [0.25, 0.3) is 11.1 Å². The number of hydrogen-bond donors (Lipinski definition) is 4. The van der Waals surface area contributed by atoms with Crippen molar-refractivity contribution in [3.05, 3.63) is 226 Å². The first-order valence-electron chi connectivity index (χ1n) is 26.9. The summed E-state index contributed by atoms with van der Waals surface area (Å²) in [6, 6.07) is 39.7. The molecule has 0 radical (unpaired) electrons. The molecule has 0 saturated carbocycles. The molecule has 0 aliphatic carbocycles. The van der Waals surface area contributed by atoms with E-state index in [0.717, 1.165) is 17.2 Å². The van der Waals surface area contributed by atoms with Crippen LogP contribution < -0.4 is 30.7 Å². The Labute approximate surface area is 486 Å². The Bertz CT molecular complexity index is 3350. The van der Waals surface area contributed by atoms with Gasteiger partial charge in [0.05, 0.1) is 6.04 Å². The summed E-state index contributed by atoms with van der Waals surface area (Å²) < 4.78 is 122. The van der Waals surface area contributed by atoms with Gasteiger partial charge in [-0.15, -0.1) is 0 Å². The first-order valence-corrected chi connectivity index (χ1v) is 26.9. The SMILES string of the molecule is CC(C)(C)OC(=O)N[C@@H](CCCNC(=O)OCc1ccccc1)C(=O)N[C@@H](Cc1cc(-c2ccc(OCc3ccccc3)c(C[C@@H](COc3c(F)c(F)c(F)c(F)c3F)NC(=O)OCc3ccccc3)c2)ccc1F)C(=O)OCc1ccccc1. The Morgan fingerprint density at radius 1 is 0.482 bits per heavy atom. The van der Waals surface area contributed by atoms with Gasteiger partial charge in [-0.1, -0.05) is 133 Å². The van der Waals surface area contributed by atoms with Gasteiger partial charge in [0.15, 0.2) is 5.75 Å². The second-order valence-corrected chi connectivity index (χ2v) is 20.4. The van der Waals surface area contributed by atoms with Gasteiger partial charge in [-0.05, 0) is 109 Å².